The lowest BCUT2D eigenvalue weighted by atomic mass is 10.0. The van der Waals surface area contributed by atoms with Crippen LogP contribution < -0.4 is 10.1 Å². The van der Waals surface area contributed by atoms with Gasteiger partial charge in [0.1, 0.15) is 11.5 Å². The molecule has 2 amide bonds. The largest absolute Gasteiger partial charge is 0.457 e. The van der Waals surface area contributed by atoms with Gasteiger partial charge < -0.3 is 15.0 Å². The normalized spacial score (nSPS) is 14.4. The van der Waals surface area contributed by atoms with Crippen molar-refractivity contribution in [1.82, 2.24) is 15.1 Å². The minimum Gasteiger partial charge on any atom is -0.457 e. The summed E-state index contributed by atoms with van der Waals surface area (Å²) in [6.07, 6.45) is 3.98. The minimum absolute atomic E-state index is 0.0222. The number of halogens is 1. The van der Waals surface area contributed by atoms with Gasteiger partial charge in [0, 0.05) is 43.8 Å². The van der Waals surface area contributed by atoms with E-state index >= 15 is 0 Å². The second-order valence-electron chi connectivity index (χ2n) is 9.41. The van der Waals surface area contributed by atoms with Gasteiger partial charge in [0.15, 0.2) is 0 Å². The van der Waals surface area contributed by atoms with E-state index in [0.717, 1.165) is 62.4 Å². The lowest BCUT2D eigenvalue weighted by Gasteiger charge is -2.38. The molecular weight excluding hydrogens is 470 g/mol. The molecule has 5 nitrogen and oxygen atoms in total. The zero-order valence-corrected chi connectivity index (χ0v) is 21.8. The number of benzene rings is 3. The summed E-state index contributed by atoms with van der Waals surface area (Å²) in [5.41, 5.74) is 2.39. The van der Waals surface area contributed by atoms with Crippen LogP contribution in [0.5, 0.6) is 11.5 Å². The molecule has 1 saturated heterocycles. The second-order valence-corrected chi connectivity index (χ2v) is 9.85. The first kappa shape index (κ1) is 26.1. The second kappa shape index (κ2) is 13.3. The maximum absolute atomic E-state index is 13.3. The van der Waals surface area contributed by atoms with E-state index in [-0.39, 0.29) is 12.1 Å². The highest BCUT2D eigenvalue weighted by Crippen LogP contribution is 2.26. The zero-order chi connectivity index (χ0) is 25.2. The number of carbonyl (C=O) groups excluding carboxylic acids is 1. The van der Waals surface area contributed by atoms with E-state index in [1.807, 2.05) is 47.4 Å². The van der Waals surface area contributed by atoms with Crippen LogP contribution >= 0.6 is 11.6 Å². The number of nitrogens with zero attached hydrogens (tertiary/aromatic N) is 2. The summed E-state index contributed by atoms with van der Waals surface area (Å²) in [7, 11) is 0. The third-order valence-electron chi connectivity index (χ3n) is 6.62. The van der Waals surface area contributed by atoms with Crippen LogP contribution in [0.1, 0.15) is 43.7 Å². The molecule has 3 aromatic rings. The van der Waals surface area contributed by atoms with Crippen molar-refractivity contribution in [3.05, 3.63) is 95.0 Å². The van der Waals surface area contributed by atoms with Gasteiger partial charge in [-0.15, -0.1) is 0 Å². The van der Waals surface area contributed by atoms with E-state index in [1.165, 1.54) is 5.56 Å². The van der Waals surface area contributed by atoms with Crippen LogP contribution in [-0.4, -0.2) is 41.5 Å². The average Bonchev–Trinajstić information content (AvgIpc) is 2.90. The van der Waals surface area contributed by atoms with E-state index in [9.17, 15) is 4.79 Å². The third-order valence-corrected chi connectivity index (χ3v) is 6.87. The van der Waals surface area contributed by atoms with Crippen molar-refractivity contribution in [3.8, 4) is 11.5 Å². The van der Waals surface area contributed by atoms with Gasteiger partial charge in [0.2, 0.25) is 0 Å². The summed E-state index contributed by atoms with van der Waals surface area (Å²) in [6, 6.07) is 26.2. The highest BCUT2D eigenvalue weighted by atomic mass is 35.5. The maximum Gasteiger partial charge on any atom is 0.317 e. The third kappa shape index (κ3) is 7.74. The van der Waals surface area contributed by atoms with Gasteiger partial charge in [0.25, 0.3) is 0 Å². The van der Waals surface area contributed by atoms with Gasteiger partial charge in [-0.3, -0.25) is 4.90 Å². The van der Waals surface area contributed by atoms with Gasteiger partial charge in [0.05, 0.1) is 0 Å². The fourth-order valence-electron chi connectivity index (χ4n) is 4.61. The quantitative estimate of drug-likeness (QED) is 0.299. The van der Waals surface area contributed by atoms with Crippen LogP contribution in [0.2, 0.25) is 5.02 Å². The summed E-state index contributed by atoms with van der Waals surface area (Å²) in [6.45, 7) is 6.33. The van der Waals surface area contributed by atoms with Crippen LogP contribution in [0.15, 0.2) is 78.9 Å². The van der Waals surface area contributed by atoms with E-state index in [2.05, 4.69) is 53.5 Å². The van der Waals surface area contributed by atoms with Gasteiger partial charge in [-0.2, -0.15) is 0 Å². The number of carbonyl (C=O) groups is 1. The topological polar surface area (TPSA) is 44.8 Å². The molecule has 190 valence electrons. The summed E-state index contributed by atoms with van der Waals surface area (Å²) >= 11 is 5.99. The number of unbranched alkanes of at least 4 members (excludes halogenated alkanes) is 1. The molecule has 1 heterocycles. The molecule has 6 heteroatoms. The SMILES string of the molecule is CCCCNC(=O)N(Cc1cccc(Oc2ccc(Cl)cc2)c1)C1CCN(Cc2ccccc2)CC1. The smallest absolute Gasteiger partial charge is 0.317 e. The average molecular weight is 506 g/mol. The van der Waals surface area contributed by atoms with Crippen LogP contribution in [0.4, 0.5) is 4.79 Å². The summed E-state index contributed by atoms with van der Waals surface area (Å²) in [4.78, 5) is 17.8. The number of hydrogen-bond acceptors (Lipinski definition) is 3. The van der Waals surface area contributed by atoms with E-state index < -0.39 is 0 Å². The fourth-order valence-corrected chi connectivity index (χ4v) is 4.74. The molecule has 0 saturated carbocycles. The molecule has 0 spiro atoms. The molecule has 1 aliphatic heterocycles. The predicted octanol–water partition coefficient (Wildman–Crippen LogP) is 7.11. The minimum atomic E-state index is 0.0222. The standard InChI is InChI=1S/C30H36ClN3O2/c1-2-3-18-32-30(35)34(27-16-19-33(20-17-27)22-24-8-5-4-6-9-24)23-25-10-7-11-29(21-25)36-28-14-12-26(31)13-15-28/h4-15,21,27H,2-3,16-20,22-23H2,1H3,(H,32,35). The Kier molecular flexibility index (Phi) is 9.65. The van der Waals surface area contributed by atoms with Crippen molar-refractivity contribution in [2.45, 2.75) is 51.7 Å². The molecule has 3 aromatic carbocycles. The van der Waals surface area contributed by atoms with Gasteiger partial charge >= 0.3 is 6.03 Å². The molecule has 1 N–H and O–H groups in total. The molecule has 0 bridgehead atoms. The molecule has 0 aliphatic carbocycles. The first-order chi connectivity index (χ1) is 17.6. The van der Waals surface area contributed by atoms with E-state index in [1.54, 1.807) is 0 Å². The Morgan fingerprint density at radius 3 is 2.42 bits per heavy atom. The Morgan fingerprint density at radius 1 is 0.972 bits per heavy atom. The molecule has 4 rings (SSSR count). The number of piperidine rings is 1. The van der Waals surface area contributed by atoms with Crippen LogP contribution in [0.25, 0.3) is 0 Å². The molecule has 1 aliphatic rings. The van der Waals surface area contributed by atoms with Gasteiger partial charge in [-0.25, -0.2) is 4.79 Å². The summed E-state index contributed by atoms with van der Waals surface area (Å²) in [5, 5.41) is 3.82. The number of hydrogen-bond donors (Lipinski definition) is 1. The number of ether oxygens (including phenoxy) is 1. The van der Waals surface area contributed by atoms with E-state index in [0.29, 0.717) is 18.1 Å². The highest BCUT2D eigenvalue weighted by Gasteiger charge is 2.28. The van der Waals surface area contributed by atoms with Gasteiger partial charge in [-0.1, -0.05) is 67.4 Å². The first-order valence-corrected chi connectivity index (χ1v) is 13.3. The van der Waals surface area contributed by atoms with Crippen molar-refractivity contribution in [2.75, 3.05) is 19.6 Å². The predicted molar refractivity (Wildman–Crippen MR) is 147 cm³/mol. The number of nitrogens with one attached hydrogen (secondary N) is 1. The van der Waals surface area contributed by atoms with E-state index in [4.69, 9.17) is 16.3 Å². The first-order valence-electron chi connectivity index (χ1n) is 12.9. The summed E-state index contributed by atoms with van der Waals surface area (Å²) in [5.74, 6) is 1.48. The molecule has 0 aromatic heterocycles. The van der Waals surface area contributed by atoms with Crippen LogP contribution in [-0.2, 0) is 13.1 Å². The van der Waals surface area contributed by atoms with Gasteiger partial charge in [-0.05, 0) is 66.8 Å². The Hall–Kier alpha value is -3.02. The molecule has 0 atom stereocenters. The molecule has 36 heavy (non-hydrogen) atoms. The molecular formula is C30H36ClN3O2. The zero-order valence-electron chi connectivity index (χ0n) is 21.0. The van der Waals surface area contributed by atoms with Crippen molar-refractivity contribution in [3.63, 3.8) is 0 Å². The fraction of sp³-hybridized carbons (Fsp3) is 0.367. The lowest BCUT2D eigenvalue weighted by molar-refractivity contribution is 0.113. The lowest BCUT2D eigenvalue weighted by Crippen LogP contribution is -2.50. The van der Waals surface area contributed by atoms with Crippen molar-refractivity contribution in [1.29, 1.82) is 0 Å². The Morgan fingerprint density at radius 2 is 1.69 bits per heavy atom. The Labute approximate surface area is 220 Å². The Bertz CT molecular complexity index is 1080. The monoisotopic (exact) mass is 505 g/mol. The van der Waals surface area contributed by atoms with Crippen molar-refractivity contribution in [2.24, 2.45) is 0 Å². The molecule has 1 fully saturated rings. The number of amides is 2. The van der Waals surface area contributed by atoms with Crippen LogP contribution in [0, 0.1) is 0 Å². The number of urea groups is 1. The number of rotatable bonds is 10. The highest BCUT2D eigenvalue weighted by molar-refractivity contribution is 6.30. The molecule has 0 radical (unpaired) electrons. The Balaban J connectivity index is 1.41. The van der Waals surface area contributed by atoms with Crippen molar-refractivity contribution >= 4 is 17.6 Å². The van der Waals surface area contributed by atoms with Crippen LogP contribution in [0.3, 0.4) is 0 Å². The maximum atomic E-state index is 13.3. The number of likely N-dealkylation sites (tertiary alicyclic amines) is 1. The van der Waals surface area contributed by atoms with Crippen molar-refractivity contribution < 1.29 is 9.53 Å². The molecule has 0 unspecified atom stereocenters. The summed E-state index contributed by atoms with van der Waals surface area (Å²) < 4.78 is 6.03.